The highest BCUT2D eigenvalue weighted by Gasteiger charge is 2.03. The minimum Gasteiger partial charge on any atom is -0.303 e. The predicted octanol–water partition coefficient (Wildman–Crippen LogP) is 0.278. The molecule has 1 atom stereocenters. The summed E-state index contributed by atoms with van der Waals surface area (Å²) in [6, 6.07) is 0. The van der Waals surface area contributed by atoms with Crippen LogP contribution >= 0.6 is 12.6 Å². The third-order valence-corrected chi connectivity index (χ3v) is 1.00. The Hall–Kier alpha value is -0.310. The maximum Gasteiger partial charge on any atom is 0.195 e. The van der Waals surface area contributed by atoms with Crippen molar-refractivity contribution < 1.29 is 9.59 Å². The van der Waals surface area contributed by atoms with E-state index in [1.807, 2.05) is 0 Å². The molecule has 0 saturated heterocycles. The molecule has 0 spiro atoms. The maximum absolute atomic E-state index is 10.0. The first-order valence-electron chi connectivity index (χ1n) is 1.86. The highest BCUT2D eigenvalue weighted by atomic mass is 32.1. The Labute approximate surface area is 47.3 Å². The van der Waals surface area contributed by atoms with Gasteiger partial charge in [0.2, 0.25) is 0 Å². The van der Waals surface area contributed by atoms with Crippen molar-refractivity contribution >= 4 is 24.0 Å². The van der Waals surface area contributed by atoms with Crippen LogP contribution in [0.15, 0.2) is 0 Å². The second-order valence-electron chi connectivity index (χ2n) is 1.26. The zero-order valence-corrected chi connectivity index (χ0v) is 4.81. The van der Waals surface area contributed by atoms with Gasteiger partial charge in [0.15, 0.2) is 5.12 Å². The number of hydrogen-bond acceptors (Lipinski definition) is 2. The van der Waals surface area contributed by atoms with E-state index in [9.17, 15) is 9.59 Å². The molecular weight excluding hydrogens is 112 g/mol. The van der Waals surface area contributed by atoms with Crippen molar-refractivity contribution in [2.24, 2.45) is 5.92 Å². The Bertz CT molecular complexity index is 89.7. The average molecular weight is 118 g/mol. The van der Waals surface area contributed by atoms with Crippen LogP contribution in [0.2, 0.25) is 0 Å². The third-order valence-electron chi connectivity index (χ3n) is 0.594. The van der Waals surface area contributed by atoms with Crippen LogP contribution in [0.1, 0.15) is 6.92 Å². The smallest absolute Gasteiger partial charge is 0.195 e. The topological polar surface area (TPSA) is 34.1 Å². The molecule has 0 aliphatic rings. The lowest BCUT2D eigenvalue weighted by molar-refractivity contribution is -0.120. The van der Waals surface area contributed by atoms with Crippen LogP contribution in [0.5, 0.6) is 0 Å². The van der Waals surface area contributed by atoms with Crippen LogP contribution in [0.25, 0.3) is 0 Å². The van der Waals surface area contributed by atoms with Gasteiger partial charge in [-0.05, 0) is 6.92 Å². The van der Waals surface area contributed by atoms with Crippen molar-refractivity contribution in [2.75, 3.05) is 0 Å². The number of carbonyl (C=O) groups is 2. The van der Waals surface area contributed by atoms with E-state index in [-0.39, 0.29) is 5.12 Å². The van der Waals surface area contributed by atoms with E-state index in [0.717, 1.165) is 0 Å². The Balaban J connectivity index is 3.55. The summed E-state index contributed by atoms with van der Waals surface area (Å²) in [6.45, 7) is 1.50. The van der Waals surface area contributed by atoms with Gasteiger partial charge in [-0.25, -0.2) is 0 Å². The van der Waals surface area contributed by atoms with E-state index >= 15 is 0 Å². The molecule has 0 radical (unpaired) electrons. The fourth-order valence-electron chi connectivity index (χ4n) is 0.0582. The first kappa shape index (κ1) is 6.69. The summed E-state index contributed by atoms with van der Waals surface area (Å²) >= 11 is 3.40. The molecule has 0 bridgehead atoms. The van der Waals surface area contributed by atoms with E-state index < -0.39 is 5.92 Å². The van der Waals surface area contributed by atoms with E-state index in [0.29, 0.717) is 6.29 Å². The number of aldehydes is 1. The van der Waals surface area contributed by atoms with Gasteiger partial charge in [-0.15, -0.1) is 12.6 Å². The summed E-state index contributed by atoms with van der Waals surface area (Å²) in [5, 5.41) is -0.380. The van der Waals surface area contributed by atoms with E-state index in [1.165, 1.54) is 6.92 Å². The normalized spacial score (nSPS) is 12.9. The summed E-state index contributed by atoms with van der Waals surface area (Å²) < 4.78 is 0. The molecule has 0 heterocycles. The molecular formula is C4H6O2S. The lowest BCUT2D eigenvalue weighted by Gasteiger charge is -1.88. The molecule has 3 heteroatoms. The average Bonchev–Trinajstić information content (AvgIpc) is 1.65. The Morgan fingerprint density at radius 3 is 2.29 bits per heavy atom. The van der Waals surface area contributed by atoms with Crippen molar-refractivity contribution in [3.8, 4) is 0 Å². The van der Waals surface area contributed by atoms with Gasteiger partial charge >= 0.3 is 0 Å². The van der Waals surface area contributed by atoms with Gasteiger partial charge in [-0.2, -0.15) is 0 Å². The molecule has 0 saturated carbocycles. The summed E-state index contributed by atoms with van der Waals surface area (Å²) in [7, 11) is 0. The van der Waals surface area contributed by atoms with Crippen LogP contribution in [-0.4, -0.2) is 11.4 Å². The van der Waals surface area contributed by atoms with Gasteiger partial charge in [0.05, 0.1) is 5.92 Å². The van der Waals surface area contributed by atoms with E-state index in [4.69, 9.17) is 0 Å². The lowest BCUT2D eigenvalue weighted by atomic mass is 10.2. The van der Waals surface area contributed by atoms with Crippen molar-refractivity contribution in [3.05, 3.63) is 0 Å². The maximum atomic E-state index is 10.0. The lowest BCUT2D eigenvalue weighted by Crippen LogP contribution is -2.03. The minimum absolute atomic E-state index is 0.380. The number of rotatable bonds is 2. The molecule has 0 amide bonds. The quantitative estimate of drug-likeness (QED) is 0.321. The van der Waals surface area contributed by atoms with Gasteiger partial charge in [0.25, 0.3) is 0 Å². The molecule has 0 aliphatic carbocycles. The molecule has 40 valence electrons. The Morgan fingerprint density at radius 1 is 1.86 bits per heavy atom. The number of thiol groups is 1. The van der Waals surface area contributed by atoms with Crippen LogP contribution in [0.3, 0.4) is 0 Å². The number of hydrogen-bond donors (Lipinski definition) is 1. The van der Waals surface area contributed by atoms with Gasteiger partial charge in [0.1, 0.15) is 6.29 Å². The summed E-state index contributed by atoms with van der Waals surface area (Å²) in [6.07, 6.45) is 0.565. The van der Waals surface area contributed by atoms with E-state index in [1.54, 1.807) is 0 Å². The molecule has 0 fully saturated rings. The fraction of sp³-hybridized carbons (Fsp3) is 0.500. The molecule has 0 N–H and O–H groups in total. The van der Waals surface area contributed by atoms with Gasteiger partial charge in [-0.1, -0.05) is 0 Å². The van der Waals surface area contributed by atoms with Crippen LogP contribution in [-0.2, 0) is 9.59 Å². The molecule has 7 heavy (non-hydrogen) atoms. The SMILES string of the molecule is CC(C=O)C(=O)S. The zero-order valence-electron chi connectivity index (χ0n) is 3.92. The zero-order chi connectivity index (χ0) is 5.86. The monoisotopic (exact) mass is 118 g/mol. The molecule has 0 aromatic rings. The fourth-order valence-corrected chi connectivity index (χ4v) is 0.119. The molecule has 1 unspecified atom stereocenters. The first-order valence-corrected chi connectivity index (χ1v) is 2.31. The second kappa shape index (κ2) is 2.80. The Kier molecular flexibility index (Phi) is 2.67. The van der Waals surface area contributed by atoms with Crippen LogP contribution < -0.4 is 0 Å². The van der Waals surface area contributed by atoms with Crippen molar-refractivity contribution in [3.63, 3.8) is 0 Å². The third kappa shape index (κ3) is 2.39. The van der Waals surface area contributed by atoms with E-state index in [2.05, 4.69) is 12.6 Å². The summed E-state index contributed by atoms with van der Waals surface area (Å²) in [5.41, 5.74) is 0. The van der Waals surface area contributed by atoms with Crippen molar-refractivity contribution in [1.82, 2.24) is 0 Å². The Morgan fingerprint density at radius 2 is 2.29 bits per heavy atom. The standard InChI is InChI=1S/C4H6O2S/c1-3(2-5)4(6)7/h2-3H,1H3,(H,6,7). The van der Waals surface area contributed by atoms with Crippen molar-refractivity contribution in [1.29, 1.82) is 0 Å². The largest absolute Gasteiger partial charge is 0.303 e. The van der Waals surface area contributed by atoms with Gasteiger partial charge in [0, 0.05) is 0 Å². The summed E-state index contributed by atoms with van der Waals surface area (Å²) in [5.74, 6) is -0.552. The summed E-state index contributed by atoms with van der Waals surface area (Å²) in [4.78, 5) is 19.7. The molecule has 2 nitrogen and oxygen atoms in total. The van der Waals surface area contributed by atoms with Gasteiger partial charge < -0.3 is 4.79 Å². The first-order chi connectivity index (χ1) is 3.18. The van der Waals surface area contributed by atoms with Crippen LogP contribution in [0, 0.1) is 5.92 Å². The molecule has 0 aliphatic heterocycles. The van der Waals surface area contributed by atoms with Gasteiger partial charge in [-0.3, -0.25) is 4.79 Å². The molecule has 0 rings (SSSR count). The molecule has 0 aromatic carbocycles. The molecule has 0 aromatic heterocycles. The number of carbonyl (C=O) groups excluding carboxylic acids is 2. The predicted molar refractivity (Wildman–Crippen MR) is 29.2 cm³/mol. The second-order valence-corrected chi connectivity index (χ2v) is 1.70. The van der Waals surface area contributed by atoms with Crippen LogP contribution in [0.4, 0.5) is 0 Å². The highest BCUT2D eigenvalue weighted by Crippen LogP contribution is 1.93. The highest BCUT2D eigenvalue weighted by molar-refractivity contribution is 7.96. The minimum atomic E-state index is -0.552. The van der Waals surface area contributed by atoms with Crippen molar-refractivity contribution in [2.45, 2.75) is 6.92 Å².